The van der Waals surface area contributed by atoms with Gasteiger partial charge in [0.25, 0.3) is 0 Å². The van der Waals surface area contributed by atoms with Crippen LogP contribution >= 0.6 is 0 Å². The number of methoxy groups -OCH3 is 1. The van der Waals surface area contributed by atoms with Crippen molar-refractivity contribution in [2.24, 2.45) is 0 Å². The molecule has 2 N–H and O–H groups in total. The Balaban J connectivity index is 1.53. The molecule has 0 saturated heterocycles. The first-order valence-corrected chi connectivity index (χ1v) is 8.16. The summed E-state index contributed by atoms with van der Waals surface area (Å²) in [6.07, 6.45) is 0. The summed E-state index contributed by atoms with van der Waals surface area (Å²) in [5, 5.41) is 5.80. The van der Waals surface area contributed by atoms with Crippen molar-refractivity contribution in [1.82, 2.24) is 10.6 Å². The van der Waals surface area contributed by atoms with Gasteiger partial charge in [0.2, 0.25) is 6.79 Å². The van der Waals surface area contributed by atoms with Crippen LogP contribution in [0, 0.1) is 0 Å². The van der Waals surface area contributed by atoms with Crippen molar-refractivity contribution in [3.63, 3.8) is 0 Å². The molecule has 0 aliphatic carbocycles. The molecule has 1 atom stereocenters. The van der Waals surface area contributed by atoms with E-state index in [0.29, 0.717) is 18.9 Å². The van der Waals surface area contributed by atoms with Crippen LogP contribution in [0.1, 0.15) is 29.7 Å². The van der Waals surface area contributed by atoms with Crippen LogP contribution < -0.4 is 20.1 Å². The van der Waals surface area contributed by atoms with E-state index in [-0.39, 0.29) is 18.9 Å². The van der Waals surface area contributed by atoms with E-state index in [1.807, 2.05) is 49.4 Å². The largest absolute Gasteiger partial charge is 0.454 e. The Morgan fingerprint density at radius 1 is 1.16 bits per heavy atom. The van der Waals surface area contributed by atoms with Crippen molar-refractivity contribution in [1.29, 1.82) is 0 Å². The second-order valence-electron chi connectivity index (χ2n) is 5.91. The van der Waals surface area contributed by atoms with E-state index in [1.165, 1.54) is 0 Å². The first-order valence-electron chi connectivity index (χ1n) is 8.16. The van der Waals surface area contributed by atoms with Crippen LogP contribution in [0.15, 0.2) is 42.5 Å². The summed E-state index contributed by atoms with van der Waals surface area (Å²) < 4.78 is 15.8. The van der Waals surface area contributed by atoms with Gasteiger partial charge in [0, 0.05) is 13.7 Å². The summed E-state index contributed by atoms with van der Waals surface area (Å²) in [5.41, 5.74) is 3.07. The van der Waals surface area contributed by atoms with Gasteiger partial charge in [-0.25, -0.2) is 4.79 Å². The summed E-state index contributed by atoms with van der Waals surface area (Å²) in [5.74, 6) is 1.44. The number of carbonyl (C=O) groups excluding carboxylic acids is 1. The van der Waals surface area contributed by atoms with Gasteiger partial charge in [-0.1, -0.05) is 30.3 Å². The Kier molecular flexibility index (Phi) is 5.40. The second kappa shape index (κ2) is 7.90. The Labute approximate surface area is 147 Å². The summed E-state index contributed by atoms with van der Waals surface area (Å²) in [7, 11) is 1.66. The highest BCUT2D eigenvalue weighted by atomic mass is 16.7. The SMILES string of the molecule is COCc1cccc(CNC(=O)NC(C)c2ccc3c(c2)OCO3)c1. The fraction of sp³-hybridized carbons (Fsp3) is 0.316. The molecule has 0 saturated carbocycles. The number of amides is 2. The van der Waals surface area contributed by atoms with Gasteiger partial charge in [0.05, 0.1) is 12.6 Å². The lowest BCUT2D eigenvalue weighted by molar-refractivity contribution is 0.174. The Bertz CT molecular complexity index is 748. The smallest absolute Gasteiger partial charge is 0.315 e. The van der Waals surface area contributed by atoms with Crippen molar-refractivity contribution in [3.8, 4) is 11.5 Å². The van der Waals surface area contributed by atoms with Crippen LogP contribution in [0.3, 0.4) is 0 Å². The van der Waals surface area contributed by atoms with Gasteiger partial charge in [0.1, 0.15) is 0 Å². The van der Waals surface area contributed by atoms with Gasteiger partial charge >= 0.3 is 6.03 Å². The van der Waals surface area contributed by atoms with Crippen LogP contribution in [0.5, 0.6) is 11.5 Å². The van der Waals surface area contributed by atoms with E-state index in [2.05, 4.69) is 10.6 Å². The first-order chi connectivity index (χ1) is 12.2. The van der Waals surface area contributed by atoms with E-state index >= 15 is 0 Å². The number of urea groups is 1. The zero-order chi connectivity index (χ0) is 17.6. The van der Waals surface area contributed by atoms with Crippen LogP contribution in [0.2, 0.25) is 0 Å². The van der Waals surface area contributed by atoms with E-state index in [0.717, 1.165) is 22.4 Å². The molecule has 3 rings (SSSR count). The molecule has 1 heterocycles. The maximum absolute atomic E-state index is 12.1. The normalized spacial score (nSPS) is 13.4. The monoisotopic (exact) mass is 342 g/mol. The average molecular weight is 342 g/mol. The van der Waals surface area contributed by atoms with Crippen LogP contribution in [0.25, 0.3) is 0 Å². The van der Waals surface area contributed by atoms with Crippen molar-refractivity contribution < 1.29 is 19.0 Å². The predicted octanol–water partition coefficient (Wildman–Crippen LogP) is 3.12. The fourth-order valence-corrected chi connectivity index (χ4v) is 2.69. The maximum Gasteiger partial charge on any atom is 0.315 e. The third kappa shape index (κ3) is 4.42. The molecule has 0 radical (unpaired) electrons. The second-order valence-corrected chi connectivity index (χ2v) is 5.91. The lowest BCUT2D eigenvalue weighted by atomic mass is 10.1. The molecule has 1 aliphatic rings. The molecule has 25 heavy (non-hydrogen) atoms. The molecule has 0 bridgehead atoms. The quantitative estimate of drug-likeness (QED) is 0.846. The number of benzene rings is 2. The summed E-state index contributed by atoms with van der Waals surface area (Å²) >= 11 is 0. The molecule has 6 nitrogen and oxygen atoms in total. The number of carbonyl (C=O) groups is 1. The molecule has 6 heteroatoms. The summed E-state index contributed by atoms with van der Waals surface area (Å²) in [4.78, 5) is 12.1. The number of ether oxygens (including phenoxy) is 3. The Hall–Kier alpha value is -2.73. The lowest BCUT2D eigenvalue weighted by Crippen LogP contribution is -2.36. The highest BCUT2D eigenvalue weighted by Gasteiger charge is 2.16. The number of hydrogen-bond acceptors (Lipinski definition) is 4. The average Bonchev–Trinajstić information content (AvgIpc) is 3.08. The third-order valence-electron chi connectivity index (χ3n) is 4.00. The zero-order valence-electron chi connectivity index (χ0n) is 14.4. The molecule has 2 aromatic carbocycles. The predicted molar refractivity (Wildman–Crippen MR) is 93.5 cm³/mol. The van der Waals surface area contributed by atoms with Crippen molar-refractivity contribution in [2.75, 3.05) is 13.9 Å². The number of nitrogens with one attached hydrogen (secondary N) is 2. The molecular formula is C19H22N2O4. The van der Waals surface area contributed by atoms with Gasteiger partial charge in [-0.2, -0.15) is 0 Å². The van der Waals surface area contributed by atoms with E-state index in [1.54, 1.807) is 7.11 Å². The minimum atomic E-state index is -0.220. The number of rotatable bonds is 6. The summed E-state index contributed by atoms with van der Waals surface area (Å²) in [6.45, 7) is 3.18. The topological polar surface area (TPSA) is 68.8 Å². The third-order valence-corrected chi connectivity index (χ3v) is 4.00. The van der Waals surface area contributed by atoms with Gasteiger partial charge in [-0.15, -0.1) is 0 Å². The molecule has 2 amide bonds. The Morgan fingerprint density at radius 2 is 1.96 bits per heavy atom. The molecule has 132 valence electrons. The van der Waals surface area contributed by atoms with Gasteiger partial charge in [0.15, 0.2) is 11.5 Å². The minimum absolute atomic E-state index is 0.144. The molecule has 0 fully saturated rings. The first kappa shape index (κ1) is 17.1. The highest BCUT2D eigenvalue weighted by molar-refractivity contribution is 5.74. The van der Waals surface area contributed by atoms with E-state index < -0.39 is 0 Å². The molecule has 2 aromatic rings. The maximum atomic E-state index is 12.1. The minimum Gasteiger partial charge on any atom is -0.454 e. The summed E-state index contributed by atoms with van der Waals surface area (Å²) in [6, 6.07) is 13.2. The zero-order valence-corrected chi connectivity index (χ0v) is 14.4. The Morgan fingerprint density at radius 3 is 2.80 bits per heavy atom. The van der Waals surface area contributed by atoms with Gasteiger partial charge in [-0.05, 0) is 35.7 Å². The van der Waals surface area contributed by atoms with Crippen molar-refractivity contribution in [3.05, 3.63) is 59.2 Å². The molecular weight excluding hydrogens is 320 g/mol. The van der Waals surface area contributed by atoms with Crippen LogP contribution in [0.4, 0.5) is 4.79 Å². The number of fused-ring (bicyclic) bond motifs is 1. The van der Waals surface area contributed by atoms with Crippen LogP contribution in [-0.4, -0.2) is 19.9 Å². The molecule has 1 aliphatic heterocycles. The van der Waals surface area contributed by atoms with Crippen molar-refractivity contribution >= 4 is 6.03 Å². The molecule has 1 unspecified atom stereocenters. The fourth-order valence-electron chi connectivity index (χ4n) is 2.69. The van der Waals surface area contributed by atoms with Gasteiger partial charge < -0.3 is 24.8 Å². The van der Waals surface area contributed by atoms with E-state index in [4.69, 9.17) is 14.2 Å². The van der Waals surface area contributed by atoms with Crippen molar-refractivity contribution in [2.45, 2.75) is 26.1 Å². The standard InChI is InChI=1S/C19H22N2O4/c1-13(16-6-7-17-18(9-16)25-12-24-17)21-19(22)20-10-14-4-3-5-15(8-14)11-23-2/h3-9,13H,10-12H2,1-2H3,(H2,20,21,22). The van der Waals surface area contributed by atoms with Crippen LogP contribution in [-0.2, 0) is 17.9 Å². The molecule has 0 aromatic heterocycles. The van der Waals surface area contributed by atoms with Gasteiger partial charge in [-0.3, -0.25) is 0 Å². The molecule has 0 spiro atoms. The lowest BCUT2D eigenvalue weighted by Gasteiger charge is -2.15. The number of hydrogen-bond donors (Lipinski definition) is 2. The van der Waals surface area contributed by atoms with E-state index in [9.17, 15) is 4.79 Å². The highest BCUT2D eigenvalue weighted by Crippen LogP contribution is 2.34.